The monoisotopic (exact) mass is 354 g/mol. The van der Waals surface area contributed by atoms with Crippen LogP contribution in [0.5, 0.6) is 0 Å². The van der Waals surface area contributed by atoms with Gasteiger partial charge in [0.25, 0.3) is 10.0 Å². The molecule has 0 saturated carbocycles. The molecule has 0 aliphatic rings. The number of nitrogen functional groups attached to an aromatic ring is 1. The third-order valence-corrected chi connectivity index (χ3v) is 5.23. The molecule has 0 aliphatic carbocycles. The van der Waals surface area contributed by atoms with Crippen molar-refractivity contribution >= 4 is 37.3 Å². The van der Waals surface area contributed by atoms with Gasteiger partial charge in [-0.05, 0) is 59.6 Å². The highest BCUT2D eigenvalue weighted by Gasteiger charge is 2.18. The van der Waals surface area contributed by atoms with Crippen molar-refractivity contribution in [1.29, 1.82) is 0 Å². The summed E-state index contributed by atoms with van der Waals surface area (Å²) in [5.74, 6) is 0. The second kappa shape index (κ2) is 5.46. The molecule has 0 aromatic heterocycles. The minimum absolute atomic E-state index is 0.123. The molecule has 0 bridgehead atoms. The van der Waals surface area contributed by atoms with Gasteiger partial charge in [0.05, 0.1) is 5.69 Å². The quantitative estimate of drug-likeness (QED) is 0.829. The summed E-state index contributed by atoms with van der Waals surface area (Å²) in [6.07, 6.45) is 0. The molecule has 0 heterocycles. The van der Waals surface area contributed by atoms with Crippen LogP contribution >= 0.6 is 15.9 Å². The lowest BCUT2D eigenvalue weighted by atomic mass is 10.1. The predicted octanol–water partition coefficient (Wildman–Crippen LogP) is 3.45. The van der Waals surface area contributed by atoms with Crippen molar-refractivity contribution in [3.8, 4) is 0 Å². The van der Waals surface area contributed by atoms with Gasteiger partial charge >= 0.3 is 0 Å². The van der Waals surface area contributed by atoms with Crippen LogP contribution in [-0.4, -0.2) is 8.42 Å². The van der Waals surface area contributed by atoms with Crippen LogP contribution in [0, 0.1) is 13.8 Å². The normalized spacial score (nSPS) is 11.3. The van der Waals surface area contributed by atoms with Gasteiger partial charge in [-0.25, -0.2) is 8.42 Å². The lowest BCUT2D eigenvalue weighted by molar-refractivity contribution is 0.600. The van der Waals surface area contributed by atoms with Gasteiger partial charge < -0.3 is 5.73 Å². The summed E-state index contributed by atoms with van der Waals surface area (Å²) < 4.78 is 27.9. The number of hydrogen-bond donors (Lipinski definition) is 2. The Kier molecular flexibility index (Phi) is 4.06. The van der Waals surface area contributed by atoms with Gasteiger partial charge in [-0.1, -0.05) is 17.7 Å². The number of nitrogens with two attached hydrogens (primary N) is 1. The molecule has 0 amide bonds. The average Bonchev–Trinajstić information content (AvgIpc) is 2.35. The fraction of sp³-hybridized carbons (Fsp3) is 0.143. The second-order valence-corrected chi connectivity index (χ2v) is 7.12. The Balaban J connectivity index is 2.43. The highest BCUT2D eigenvalue weighted by Crippen LogP contribution is 2.27. The van der Waals surface area contributed by atoms with Crippen molar-refractivity contribution in [2.45, 2.75) is 18.7 Å². The van der Waals surface area contributed by atoms with Crippen molar-refractivity contribution in [2.24, 2.45) is 0 Å². The third-order valence-electron chi connectivity index (χ3n) is 2.87. The Labute approximate surface area is 127 Å². The highest BCUT2D eigenvalue weighted by molar-refractivity contribution is 9.10. The van der Waals surface area contributed by atoms with Gasteiger partial charge in [0.15, 0.2) is 0 Å². The van der Waals surface area contributed by atoms with Gasteiger partial charge in [-0.15, -0.1) is 0 Å². The molecule has 0 atom stereocenters. The smallest absolute Gasteiger partial charge is 0.263 e. The lowest BCUT2D eigenvalue weighted by Crippen LogP contribution is -2.14. The maximum atomic E-state index is 12.4. The molecule has 20 heavy (non-hydrogen) atoms. The molecule has 106 valence electrons. The molecule has 4 nitrogen and oxygen atoms in total. The van der Waals surface area contributed by atoms with Crippen molar-refractivity contribution in [1.82, 2.24) is 0 Å². The van der Waals surface area contributed by atoms with Crippen LogP contribution in [0.25, 0.3) is 0 Å². The average molecular weight is 355 g/mol. The van der Waals surface area contributed by atoms with E-state index < -0.39 is 10.0 Å². The first-order chi connectivity index (χ1) is 9.29. The SMILES string of the molecule is Cc1ccc(NS(=O)(=O)c2cc(N)ccc2Br)c(C)c1. The lowest BCUT2D eigenvalue weighted by Gasteiger charge is -2.12. The molecule has 0 unspecified atom stereocenters. The highest BCUT2D eigenvalue weighted by atomic mass is 79.9. The molecule has 2 aromatic carbocycles. The number of nitrogens with one attached hydrogen (secondary N) is 1. The van der Waals surface area contributed by atoms with E-state index in [1.165, 1.54) is 6.07 Å². The number of hydrogen-bond acceptors (Lipinski definition) is 3. The molecule has 3 N–H and O–H groups in total. The summed E-state index contributed by atoms with van der Waals surface area (Å²) in [6, 6.07) is 10.2. The molecule has 2 aromatic rings. The van der Waals surface area contributed by atoms with Crippen molar-refractivity contribution < 1.29 is 8.42 Å². The number of anilines is 2. The zero-order valence-corrected chi connectivity index (χ0v) is 13.5. The standard InChI is InChI=1S/C14H15BrN2O2S/c1-9-3-6-13(10(2)7-9)17-20(18,19)14-8-11(16)4-5-12(14)15/h3-8,17H,16H2,1-2H3. The van der Waals surface area contributed by atoms with E-state index in [4.69, 9.17) is 5.73 Å². The minimum atomic E-state index is -3.68. The molecule has 2 rings (SSSR count). The first-order valence-corrected chi connectivity index (χ1v) is 8.22. The van der Waals surface area contributed by atoms with Crippen LogP contribution < -0.4 is 10.5 Å². The number of rotatable bonds is 3. The van der Waals surface area contributed by atoms with E-state index in [0.717, 1.165) is 11.1 Å². The Morgan fingerprint density at radius 3 is 2.45 bits per heavy atom. The number of benzene rings is 2. The zero-order chi connectivity index (χ0) is 14.9. The van der Waals surface area contributed by atoms with Crippen LogP contribution in [0.3, 0.4) is 0 Å². The number of aryl methyl sites for hydroxylation is 2. The fourth-order valence-electron chi connectivity index (χ4n) is 1.85. The van der Waals surface area contributed by atoms with E-state index in [9.17, 15) is 8.42 Å². The van der Waals surface area contributed by atoms with Gasteiger partial charge in [-0.2, -0.15) is 0 Å². The molecule has 0 saturated heterocycles. The van der Waals surface area contributed by atoms with Gasteiger partial charge in [-0.3, -0.25) is 4.72 Å². The van der Waals surface area contributed by atoms with E-state index in [1.807, 2.05) is 26.0 Å². The van der Waals surface area contributed by atoms with Crippen LogP contribution in [0.4, 0.5) is 11.4 Å². The maximum absolute atomic E-state index is 12.4. The Morgan fingerprint density at radius 2 is 1.80 bits per heavy atom. The van der Waals surface area contributed by atoms with Crippen LogP contribution in [0.2, 0.25) is 0 Å². The van der Waals surface area contributed by atoms with Crippen molar-refractivity contribution in [2.75, 3.05) is 10.5 Å². The van der Waals surface area contributed by atoms with Crippen LogP contribution in [-0.2, 0) is 10.0 Å². The minimum Gasteiger partial charge on any atom is -0.399 e. The summed E-state index contributed by atoms with van der Waals surface area (Å²) in [6.45, 7) is 3.82. The van der Waals surface area contributed by atoms with Gasteiger partial charge in [0.1, 0.15) is 4.90 Å². The topological polar surface area (TPSA) is 72.2 Å². The van der Waals surface area contributed by atoms with E-state index in [2.05, 4.69) is 20.7 Å². The van der Waals surface area contributed by atoms with Crippen LogP contribution in [0.15, 0.2) is 45.8 Å². The second-order valence-electron chi connectivity index (χ2n) is 4.61. The summed E-state index contributed by atoms with van der Waals surface area (Å²) >= 11 is 3.24. The largest absolute Gasteiger partial charge is 0.399 e. The first kappa shape index (κ1) is 14.9. The zero-order valence-electron chi connectivity index (χ0n) is 11.1. The van der Waals surface area contributed by atoms with E-state index in [0.29, 0.717) is 15.8 Å². The maximum Gasteiger partial charge on any atom is 0.263 e. The predicted molar refractivity (Wildman–Crippen MR) is 85.3 cm³/mol. The van der Waals surface area contributed by atoms with E-state index >= 15 is 0 Å². The van der Waals surface area contributed by atoms with Gasteiger partial charge in [0, 0.05) is 10.2 Å². The molecule has 0 radical (unpaired) electrons. The van der Waals surface area contributed by atoms with Crippen LogP contribution in [0.1, 0.15) is 11.1 Å². The Bertz CT molecular complexity index is 758. The molecule has 0 aliphatic heterocycles. The summed E-state index contributed by atoms with van der Waals surface area (Å²) in [4.78, 5) is 0.123. The molecule has 0 fully saturated rings. The van der Waals surface area contributed by atoms with Crippen molar-refractivity contribution in [3.63, 3.8) is 0 Å². The molecular weight excluding hydrogens is 340 g/mol. The molecule has 0 spiro atoms. The fourth-order valence-corrected chi connectivity index (χ4v) is 3.98. The number of sulfonamides is 1. The summed E-state index contributed by atoms with van der Waals surface area (Å²) in [5.41, 5.74) is 8.56. The molecule has 6 heteroatoms. The van der Waals surface area contributed by atoms with Crippen molar-refractivity contribution in [3.05, 3.63) is 52.0 Å². The Morgan fingerprint density at radius 1 is 1.10 bits per heavy atom. The summed E-state index contributed by atoms with van der Waals surface area (Å²) in [5, 5.41) is 0. The summed E-state index contributed by atoms with van der Waals surface area (Å²) in [7, 11) is -3.68. The molecular formula is C14H15BrN2O2S. The third kappa shape index (κ3) is 3.13. The van der Waals surface area contributed by atoms with E-state index in [1.54, 1.807) is 18.2 Å². The number of halogens is 1. The first-order valence-electron chi connectivity index (χ1n) is 5.95. The van der Waals surface area contributed by atoms with Gasteiger partial charge in [0.2, 0.25) is 0 Å². The van der Waals surface area contributed by atoms with E-state index in [-0.39, 0.29) is 4.90 Å². The Hall–Kier alpha value is -1.53.